The van der Waals surface area contributed by atoms with Crippen molar-refractivity contribution >= 4 is 17.3 Å². The van der Waals surface area contributed by atoms with Crippen molar-refractivity contribution < 1.29 is 9.21 Å². The van der Waals surface area contributed by atoms with E-state index in [1.165, 1.54) is 16.7 Å². The Morgan fingerprint density at radius 3 is 2.52 bits per heavy atom. The standard InChI is InChI=1S/C26H23NO2/c28-18-22-16-27(17-22)15-21-7-4-8-23(13-21)26-14-24-12-20(9-10-25(24)29-26)11-19-5-2-1-3-6-19/h1-10,12-14,18,22H,11,15-17H2. The number of nitrogens with zero attached hydrogens (tertiary/aromatic N) is 1. The molecular weight excluding hydrogens is 358 g/mol. The summed E-state index contributed by atoms with van der Waals surface area (Å²) in [6.45, 7) is 2.60. The van der Waals surface area contributed by atoms with Crippen LogP contribution in [0.1, 0.15) is 16.7 Å². The minimum absolute atomic E-state index is 0.207. The van der Waals surface area contributed by atoms with E-state index >= 15 is 0 Å². The fourth-order valence-corrected chi connectivity index (χ4v) is 4.08. The lowest BCUT2D eigenvalue weighted by Gasteiger charge is -2.36. The summed E-state index contributed by atoms with van der Waals surface area (Å²) in [4.78, 5) is 13.1. The molecule has 0 unspecified atom stereocenters. The Hall–Kier alpha value is -3.17. The van der Waals surface area contributed by atoms with Crippen LogP contribution >= 0.6 is 0 Å². The van der Waals surface area contributed by atoms with Crippen LogP contribution in [0.25, 0.3) is 22.3 Å². The number of furan rings is 1. The van der Waals surface area contributed by atoms with Crippen molar-refractivity contribution in [1.82, 2.24) is 4.90 Å². The van der Waals surface area contributed by atoms with Crippen LogP contribution in [0.15, 0.2) is 83.3 Å². The van der Waals surface area contributed by atoms with Crippen LogP contribution in [0.5, 0.6) is 0 Å². The molecule has 1 aliphatic rings. The zero-order chi connectivity index (χ0) is 19.6. The summed E-state index contributed by atoms with van der Waals surface area (Å²) < 4.78 is 6.13. The second kappa shape index (κ2) is 7.69. The van der Waals surface area contributed by atoms with Gasteiger partial charge < -0.3 is 9.21 Å². The van der Waals surface area contributed by atoms with Gasteiger partial charge in [0, 0.05) is 36.5 Å². The van der Waals surface area contributed by atoms with Crippen LogP contribution in [0.4, 0.5) is 0 Å². The summed E-state index contributed by atoms with van der Waals surface area (Å²) in [6, 6.07) is 27.6. The van der Waals surface area contributed by atoms with Crippen LogP contribution < -0.4 is 0 Å². The highest BCUT2D eigenvalue weighted by atomic mass is 16.3. The van der Waals surface area contributed by atoms with Crippen molar-refractivity contribution in [3.8, 4) is 11.3 Å². The molecule has 1 saturated heterocycles. The lowest BCUT2D eigenvalue weighted by Crippen LogP contribution is -2.46. The number of rotatable bonds is 6. The Bertz CT molecular complexity index is 1140. The molecular formula is C26H23NO2. The van der Waals surface area contributed by atoms with E-state index in [1.54, 1.807) is 0 Å². The monoisotopic (exact) mass is 381 g/mol. The van der Waals surface area contributed by atoms with Crippen molar-refractivity contribution in [2.45, 2.75) is 13.0 Å². The maximum Gasteiger partial charge on any atom is 0.135 e. The normalized spacial score (nSPS) is 14.8. The Morgan fingerprint density at radius 2 is 1.69 bits per heavy atom. The zero-order valence-corrected chi connectivity index (χ0v) is 16.3. The second-order valence-electron chi connectivity index (χ2n) is 7.94. The third-order valence-electron chi connectivity index (χ3n) is 5.63. The van der Waals surface area contributed by atoms with Gasteiger partial charge >= 0.3 is 0 Å². The first-order valence-electron chi connectivity index (χ1n) is 10.1. The van der Waals surface area contributed by atoms with Crippen LogP contribution in [0.2, 0.25) is 0 Å². The van der Waals surface area contributed by atoms with Crippen molar-refractivity contribution in [3.63, 3.8) is 0 Å². The fraction of sp³-hybridized carbons (Fsp3) is 0.192. The van der Waals surface area contributed by atoms with E-state index in [4.69, 9.17) is 4.42 Å². The van der Waals surface area contributed by atoms with Crippen LogP contribution in [0.3, 0.4) is 0 Å². The topological polar surface area (TPSA) is 33.5 Å². The molecule has 3 aromatic carbocycles. The molecule has 5 rings (SSSR count). The summed E-state index contributed by atoms with van der Waals surface area (Å²) in [5.74, 6) is 1.10. The van der Waals surface area contributed by atoms with Crippen molar-refractivity contribution in [2.75, 3.05) is 13.1 Å². The summed E-state index contributed by atoms with van der Waals surface area (Å²) in [6.07, 6.45) is 1.98. The molecule has 3 heteroatoms. The molecule has 2 heterocycles. The zero-order valence-electron chi connectivity index (χ0n) is 16.3. The number of aldehydes is 1. The van der Waals surface area contributed by atoms with Gasteiger partial charge in [-0.2, -0.15) is 0 Å². The first kappa shape index (κ1) is 17.9. The molecule has 0 bridgehead atoms. The first-order valence-corrected chi connectivity index (χ1v) is 10.1. The first-order chi connectivity index (χ1) is 14.3. The van der Waals surface area contributed by atoms with Gasteiger partial charge in [0.05, 0.1) is 0 Å². The van der Waals surface area contributed by atoms with Gasteiger partial charge in [0.15, 0.2) is 0 Å². The quantitative estimate of drug-likeness (QED) is 0.424. The number of likely N-dealkylation sites (tertiary alicyclic amines) is 1. The predicted molar refractivity (Wildman–Crippen MR) is 116 cm³/mol. The number of hydrogen-bond donors (Lipinski definition) is 0. The average Bonchev–Trinajstić information content (AvgIpc) is 3.15. The highest BCUT2D eigenvalue weighted by Crippen LogP contribution is 2.30. The Kier molecular flexibility index (Phi) is 4.74. The smallest absolute Gasteiger partial charge is 0.135 e. The number of benzene rings is 3. The molecule has 0 N–H and O–H groups in total. The summed E-state index contributed by atoms with van der Waals surface area (Å²) in [5, 5.41) is 1.13. The molecule has 4 aromatic rings. The van der Waals surface area contributed by atoms with Gasteiger partial charge in [-0.3, -0.25) is 4.90 Å². The number of hydrogen-bond acceptors (Lipinski definition) is 3. The molecule has 0 amide bonds. The van der Waals surface area contributed by atoms with E-state index in [-0.39, 0.29) is 5.92 Å². The SMILES string of the molecule is O=CC1CN(Cc2cccc(-c3cc4cc(Cc5ccccc5)ccc4o3)c2)C1. The van der Waals surface area contributed by atoms with Gasteiger partial charge in [0.1, 0.15) is 17.6 Å². The number of carbonyl (C=O) groups excluding carboxylic acids is 1. The highest BCUT2D eigenvalue weighted by molar-refractivity contribution is 5.83. The molecule has 144 valence electrons. The van der Waals surface area contributed by atoms with Crippen LogP contribution in [-0.2, 0) is 17.8 Å². The molecule has 1 fully saturated rings. The van der Waals surface area contributed by atoms with Crippen molar-refractivity contribution in [1.29, 1.82) is 0 Å². The minimum Gasteiger partial charge on any atom is -0.456 e. The largest absolute Gasteiger partial charge is 0.456 e. The van der Waals surface area contributed by atoms with E-state index in [0.29, 0.717) is 0 Å². The van der Waals surface area contributed by atoms with E-state index in [9.17, 15) is 4.79 Å². The summed E-state index contributed by atoms with van der Waals surface area (Å²) >= 11 is 0. The average molecular weight is 381 g/mol. The van der Waals surface area contributed by atoms with Gasteiger partial charge in [0.25, 0.3) is 0 Å². The third kappa shape index (κ3) is 3.87. The maximum atomic E-state index is 10.8. The lowest BCUT2D eigenvalue weighted by molar-refractivity contribution is -0.115. The maximum absolute atomic E-state index is 10.8. The molecule has 0 saturated carbocycles. The summed E-state index contributed by atoms with van der Waals surface area (Å²) in [5.41, 5.74) is 5.85. The Morgan fingerprint density at radius 1 is 0.862 bits per heavy atom. The van der Waals surface area contributed by atoms with Gasteiger partial charge in [-0.05, 0) is 47.4 Å². The van der Waals surface area contributed by atoms with Gasteiger partial charge in [-0.25, -0.2) is 0 Å². The van der Waals surface area contributed by atoms with Crippen molar-refractivity contribution in [3.05, 3.63) is 95.6 Å². The molecule has 1 aliphatic heterocycles. The molecule has 29 heavy (non-hydrogen) atoms. The van der Waals surface area contributed by atoms with Crippen molar-refractivity contribution in [2.24, 2.45) is 5.92 Å². The third-order valence-corrected chi connectivity index (χ3v) is 5.63. The second-order valence-corrected chi connectivity index (χ2v) is 7.94. The van der Waals surface area contributed by atoms with Gasteiger partial charge in [0.2, 0.25) is 0 Å². The molecule has 3 nitrogen and oxygen atoms in total. The van der Waals surface area contributed by atoms with Crippen LogP contribution in [0, 0.1) is 5.92 Å². The molecule has 0 atom stereocenters. The molecule has 0 aliphatic carbocycles. The Labute approximate surface area is 170 Å². The van der Waals surface area contributed by atoms with E-state index in [0.717, 1.165) is 54.6 Å². The molecule has 0 radical (unpaired) electrons. The van der Waals surface area contributed by atoms with Gasteiger partial charge in [-0.15, -0.1) is 0 Å². The predicted octanol–water partition coefficient (Wildman–Crippen LogP) is 5.32. The Balaban J connectivity index is 1.36. The number of fused-ring (bicyclic) bond motifs is 1. The highest BCUT2D eigenvalue weighted by Gasteiger charge is 2.25. The van der Waals surface area contributed by atoms with E-state index < -0.39 is 0 Å². The molecule has 1 aromatic heterocycles. The summed E-state index contributed by atoms with van der Waals surface area (Å²) in [7, 11) is 0. The lowest BCUT2D eigenvalue weighted by atomic mass is 10.0. The van der Waals surface area contributed by atoms with Gasteiger partial charge in [-0.1, -0.05) is 54.6 Å². The van der Waals surface area contributed by atoms with E-state index in [2.05, 4.69) is 77.7 Å². The molecule has 0 spiro atoms. The van der Waals surface area contributed by atoms with E-state index in [1.807, 2.05) is 6.07 Å². The number of carbonyl (C=O) groups is 1. The fourth-order valence-electron chi connectivity index (χ4n) is 4.08. The van der Waals surface area contributed by atoms with Crippen LogP contribution in [-0.4, -0.2) is 24.3 Å². The minimum atomic E-state index is 0.207.